The molecule has 4 unspecified atom stereocenters. The van der Waals surface area contributed by atoms with Gasteiger partial charge in [0.2, 0.25) is 0 Å². The van der Waals surface area contributed by atoms with Gasteiger partial charge < -0.3 is 33.8 Å². The van der Waals surface area contributed by atoms with Crippen LogP contribution in [0.5, 0.6) is 0 Å². The molecule has 3 N–H and O–H groups in total. The number of aliphatic hydroxyl groups is 1. The Bertz CT molecular complexity index is 1900. The van der Waals surface area contributed by atoms with Crippen LogP contribution in [-0.2, 0) is 65.4 Å². The standard InChI is InChI=1S/C73H138O17P2/c1-8-11-12-13-14-15-16-17-18-22-25-28-31-42-49-56-73(78)90-69(61-84-71(76)55-48-41-36-34-39-46-53-66(7)10-3)63-88-92(81,82)86-59-67(74)58-85-91(79,80)87-62-68(60-83-70(75)54-47-40-35-33-37-44-51-64(4)5)89-72(77)57-50-43-32-29-26-23-20-19-21-24-27-30-38-45-52-65(6)9-2/h15-18,64-69,74H,8-14,19-63H2,1-7H3,(H,79,80)(H,81,82)/b16-15-,18-17-/t65?,66?,67-,68+,69+/m0/s1. The summed E-state index contributed by atoms with van der Waals surface area (Å²) in [6.07, 6.45) is 50.9. The fourth-order valence-electron chi connectivity index (χ4n) is 10.5. The van der Waals surface area contributed by atoms with Crippen LogP contribution in [0.25, 0.3) is 0 Å². The van der Waals surface area contributed by atoms with E-state index in [1.54, 1.807) is 0 Å². The van der Waals surface area contributed by atoms with Crippen LogP contribution in [0.3, 0.4) is 0 Å². The summed E-state index contributed by atoms with van der Waals surface area (Å²) in [5.41, 5.74) is 0. The van der Waals surface area contributed by atoms with Crippen LogP contribution in [0.2, 0.25) is 0 Å². The Morgan fingerprint density at radius 1 is 0.359 bits per heavy atom. The van der Waals surface area contributed by atoms with Crippen LogP contribution in [-0.4, -0.2) is 96.7 Å². The van der Waals surface area contributed by atoms with Gasteiger partial charge in [0.05, 0.1) is 26.4 Å². The first-order valence-electron chi connectivity index (χ1n) is 37.2. The number of carbonyl (C=O) groups is 4. The SMILES string of the molecule is CCCCCC/C=C\C=C/CCCCCCCC(=O)O[C@H](COC(=O)CCCCCCCCC(C)CC)COP(=O)(O)OC[C@@H](O)COP(=O)(O)OC[C@@H](COC(=O)CCCCCCCCC(C)C)OC(=O)CCCCCCCCCCCCCCCCC(C)CC. The van der Waals surface area contributed by atoms with Crippen LogP contribution in [0, 0.1) is 17.8 Å². The third-order valence-corrected chi connectivity index (χ3v) is 18.9. The molecule has 0 amide bonds. The Morgan fingerprint density at radius 2 is 0.641 bits per heavy atom. The van der Waals surface area contributed by atoms with Gasteiger partial charge in [-0.2, -0.15) is 0 Å². The number of rotatable bonds is 69. The molecule has 0 heterocycles. The van der Waals surface area contributed by atoms with E-state index in [0.717, 1.165) is 127 Å². The number of ether oxygens (including phenoxy) is 4. The number of phosphoric ester groups is 2. The molecule has 0 aromatic carbocycles. The van der Waals surface area contributed by atoms with Gasteiger partial charge in [0.1, 0.15) is 19.3 Å². The number of allylic oxidation sites excluding steroid dienone is 4. The van der Waals surface area contributed by atoms with Crippen molar-refractivity contribution in [1.29, 1.82) is 0 Å². The maximum Gasteiger partial charge on any atom is 0.472 e. The molecule has 17 nitrogen and oxygen atoms in total. The number of carbonyl (C=O) groups excluding carboxylic acids is 4. The summed E-state index contributed by atoms with van der Waals surface area (Å²) in [4.78, 5) is 72.6. The summed E-state index contributed by atoms with van der Waals surface area (Å²) >= 11 is 0. The van der Waals surface area contributed by atoms with Crippen LogP contribution < -0.4 is 0 Å². The molecule has 0 rings (SSSR count). The van der Waals surface area contributed by atoms with Gasteiger partial charge in [0, 0.05) is 25.7 Å². The number of unbranched alkanes of at least 4 members (excludes halogenated alkanes) is 32. The fraction of sp³-hybridized carbons (Fsp3) is 0.890. The molecule has 0 saturated carbocycles. The lowest BCUT2D eigenvalue weighted by Gasteiger charge is -2.21. The number of phosphoric acid groups is 2. The van der Waals surface area contributed by atoms with Crippen molar-refractivity contribution in [3.8, 4) is 0 Å². The normalized spacial score (nSPS) is 14.9. The summed E-state index contributed by atoms with van der Waals surface area (Å²) < 4.78 is 68.3. The lowest BCUT2D eigenvalue weighted by atomic mass is 9.99. The van der Waals surface area contributed by atoms with Gasteiger partial charge in [0.25, 0.3) is 0 Å². The predicted molar refractivity (Wildman–Crippen MR) is 372 cm³/mol. The summed E-state index contributed by atoms with van der Waals surface area (Å²) in [5, 5.41) is 10.6. The molecule has 0 fully saturated rings. The Kier molecular flexibility index (Phi) is 61.6. The summed E-state index contributed by atoms with van der Waals surface area (Å²) in [6, 6.07) is 0. The summed E-state index contributed by atoms with van der Waals surface area (Å²) in [5.74, 6) is 0.0929. The number of hydrogen-bond acceptors (Lipinski definition) is 15. The van der Waals surface area contributed by atoms with Crippen LogP contribution >= 0.6 is 15.6 Å². The summed E-state index contributed by atoms with van der Waals surface area (Å²) in [7, 11) is -9.92. The lowest BCUT2D eigenvalue weighted by molar-refractivity contribution is -0.161. The minimum atomic E-state index is -4.96. The van der Waals surface area contributed by atoms with Gasteiger partial charge in [-0.1, -0.05) is 291 Å². The highest BCUT2D eigenvalue weighted by molar-refractivity contribution is 7.47. The van der Waals surface area contributed by atoms with Crippen LogP contribution in [0.15, 0.2) is 24.3 Å². The second-order valence-electron chi connectivity index (χ2n) is 26.6. The topological polar surface area (TPSA) is 237 Å². The second kappa shape index (κ2) is 63.3. The average molecular weight is 1350 g/mol. The highest BCUT2D eigenvalue weighted by Gasteiger charge is 2.30. The van der Waals surface area contributed by atoms with E-state index in [1.165, 1.54) is 128 Å². The smallest absolute Gasteiger partial charge is 0.462 e. The van der Waals surface area contributed by atoms with Crippen molar-refractivity contribution in [2.75, 3.05) is 39.6 Å². The van der Waals surface area contributed by atoms with Gasteiger partial charge in [-0.3, -0.25) is 37.3 Å². The lowest BCUT2D eigenvalue weighted by Crippen LogP contribution is -2.30. The first kappa shape index (κ1) is 89.5. The Balaban J connectivity index is 5.25. The first-order chi connectivity index (χ1) is 44.3. The van der Waals surface area contributed by atoms with Crippen molar-refractivity contribution in [3.63, 3.8) is 0 Å². The largest absolute Gasteiger partial charge is 0.472 e. The van der Waals surface area contributed by atoms with Crippen LogP contribution in [0.4, 0.5) is 0 Å². The molecule has 0 aliphatic rings. The molecule has 0 radical (unpaired) electrons. The third kappa shape index (κ3) is 63.6. The van der Waals surface area contributed by atoms with Crippen molar-refractivity contribution >= 4 is 39.5 Å². The quantitative estimate of drug-likeness (QED) is 0.0169. The molecule has 0 aliphatic carbocycles. The van der Waals surface area contributed by atoms with E-state index < -0.39 is 97.5 Å². The predicted octanol–water partition coefficient (Wildman–Crippen LogP) is 20.6. The van der Waals surface area contributed by atoms with Gasteiger partial charge in [0.15, 0.2) is 12.2 Å². The Hall–Kier alpha value is -2.46. The highest BCUT2D eigenvalue weighted by atomic mass is 31.2. The van der Waals surface area contributed by atoms with E-state index in [1.807, 2.05) is 0 Å². The highest BCUT2D eigenvalue weighted by Crippen LogP contribution is 2.45. The molecule has 542 valence electrons. The van der Waals surface area contributed by atoms with Gasteiger partial charge in [-0.25, -0.2) is 9.13 Å². The summed E-state index contributed by atoms with van der Waals surface area (Å²) in [6.45, 7) is 11.7. The zero-order chi connectivity index (χ0) is 68.0. The molecule has 7 atom stereocenters. The maximum atomic E-state index is 13.0. The fourth-order valence-corrected chi connectivity index (χ4v) is 12.0. The van der Waals surface area contributed by atoms with E-state index in [0.29, 0.717) is 31.6 Å². The van der Waals surface area contributed by atoms with E-state index >= 15 is 0 Å². The zero-order valence-electron chi connectivity index (χ0n) is 59.5. The first-order valence-corrected chi connectivity index (χ1v) is 40.2. The van der Waals surface area contributed by atoms with Crippen LogP contribution in [0.1, 0.15) is 344 Å². The molecule has 0 aromatic rings. The van der Waals surface area contributed by atoms with Gasteiger partial charge >= 0.3 is 39.5 Å². The molecule has 0 bridgehead atoms. The van der Waals surface area contributed by atoms with Crippen molar-refractivity contribution in [1.82, 2.24) is 0 Å². The van der Waals surface area contributed by atoms with E-state index in [9.17, 15) is 43.2 Å². The molecular weight excluding hydrogens is 1210 g/mol. The maximum absolute atomic E-state index is 13.0. The molecule has 0 aromatic heterocycles. The number of esters is 4. The monoisotopic (exact) mass is 1350 g/mol. The Labute approximate surface area is 561 Å². The second-order valence-corrected chi connectivity index (χ2v) is 29.5. The van der Waals surface area contributed by atoms with E-state index in [4.69, 9.17) is 37.0 Å². The van der Waals surface area contributed by atoms with Crippen molar-refractivity contribution in [2.24, 2.45) is 17.8 Å². The minimum absolute atomic E-state index is 0.0836. The minimum Gasteiger partial charge on any atom is -0.462 e. The molecule has 0 saturated heterocycles. The third-order valence-electron chi connectivity index (χ3n) is 17.0. The van der Waals surface area contributed by atoms with Crippen molar-refractivity contribution < 1.29 is 80.2 Å². The van der Waals surface area contributed by atoms with E-state index in [2.05, 4.69) is 72.8 Å². The van der Waals surface area contributed by atoms with E-state index in [-0.39, 0.29) is 25.7 Å². The molecule has 0 spiro atoms. The zero-order valence-corrected chi connectivity index (χ0v) is 61.3. The van der Waals surface area contributed by atoms with Gasteiger partial charge in [-0.15, -0.1) is 0 Å². The molecule has 0 aliphatic heterocycles. The number of hydrogen-bond donors (Lipinski definition) is 3. The Morgan fingerprint density at radius 3 is 0.967 bits per heavy atom. The molecule has 92 heavy (non-hydrogen) atoms. The molecular formula is C73H138O17P2. The average Bonchev–Trinajstić information content (AvgIpc) is 1.56. The van der Waals surface area contributed by atoms with Crippen molar-refractivity contribution in [3.05, 3.63) is 24.3 Å². The van der Waals surface area contributed by atoms with Crippen molar-refractivity contribution in [2.45, 2.75) is 362 Å². The molecule has 19 heteroatoms. The van der Waals surface area contributed by atoms with Gasteiger partial charge in [-0.05, 0) is 69.1 Å². The number of aliphatic hydroxyl groups excluding tert-OH is 1.